The van der Waals surface area contributed by atoms with E-state index in [0.29, 0.717) is 27.9 Å². The van der Waals surface area contributed by atoms with Crippen LogP contribution in [0.1, 0.15) is 79.9 Å². The van der Waals surface area contributed by atoms with E-state index in [9.17, 15) is 19.5 Å². The van der Waals surface area contributed by atoms with Crippen LogP contribution in [0.3, 0.4) is 0 Å². The molecule has 2 aliphatic rings. The largest absolute Gasteiger partial charge is 0.478 e. The van der Waals surface area contributed by atoms with Crippen LogP contribution in [0.2, 0.25) is 0 Å². The van der Waals surface area contributed by atoms with Crippen molar-refractivity contribution in [3.63, 3.8) is 0 Å². The van der Waals surface area contributed by atoms with Gasteiger partial charge in [-0.25, -0.2) is 4.79 Å². The summed E-state index contributed by atoms with van der Waals surface area (Å²) in [6.07, 6.45) is 5.36. The molecule has 1 saturated carbocycles. The van der Waals surface area contributed by atoms with Crippen LogP contribution in [0.25, 0.3) is 0 Å². The zero-order chi connectivity index (χ0) is 19.1. The van der Waals surface area contributed by atoms with E-state index in [2.05, 4.69) is 5.32 Å². The second kappa shape index (κ2) is 6.65. The molecule has 1 fully saturated rings. The highest BCUT2D eigenvalue weighted by atomic mass is 16.4. The summed E-state index contributed by atoms with van der Waals surface area (Å²) in [5, 5.41) is 13.1. The average Bonchev–Trinajstić information content (AvgIpc) is 2.66. The summed E-state index contributed by atoms with van der Waals surface area (Å²) in [6.45, 7) is 1.62. The Bertz CT molecular complexity index is 971. The molecular formula is C22H21NO4. The number of hydrogen-bond acceptors (Lipinski definition) is 4. The standard InChI is InChI=1S/C22H21NO4/c1-12-18-16(20(24)14-9-5-6-10-15(14)21(18)25)11-17(19(12)22(26)27)23-13-7-3-2-4-8-13/h5-6,9-11,13,23H,2-4,7-8H2,1H3,(H,26,27). The number of aromatic carboxylic acids is 1. The van der Waals surface area contributed by atoms with Gasteiger partial charge in [0.05, 0.1) is 5.56 Å². The first-order valence-corrected chi connectivity index (χ1v) is 9.35. The van der Waals surface area contributed by atoms with Gasteiger partial charge in [0.1, 0.15) is 0 Å². The minimum Gasteiger partial charge on any atom is -0.478 e. The number of carboxylic acids is 1. The zero-order valence-corrected chi connectivity index (χ0v) is 15.2. The lowest BCUT2D eigenvalue weighted by Crippen LogP contribution is -2.27. The normalized spacial score (nSPS) is 16.6. The number of nitrogens with one attached hydrogen (secondary N) is 1. The summed E-state index contributed by atoms with van der Waals surface area (Å²) in [4.78, 5) is 38.0. The van der Waals surface area contributed by atoms with E-state index in [1.807, 2.05) is 0 Å². The molecule has 0 spiro atoms. The number of carboxylic acid groups (broad SMARTS) is 1. The lowest BCUT2D eigenvalue weighted by molar-refractivity contribution is 0.0696. The smallest absolute Gasteiger partial charge is 0.338 e. The quantitative estimate of drug-likeness (QED) is 0.728. The van der Waals surface area contributed by atoms with Gasteiger partial charge in [-0.1, -0.05) is 43.5 Å². The van der Waals surface area contributed by atoms with Crippen molar-refractivity contribution in [1.82, 2.24) is 0 Å². The third-order valence-corrected chi connectivity index (χ3v) is 5.64. The van der Waals surface area contributed by atoms with E-state index >= 15 is 0 Å². The van der Waals surface area contributed by atoms with E-state index < -0.39 is 5.97 Å². The van der Waals surface area contributed by atoms with Gasteiger partial charge in [0, 0.05) is 34.0 Å². The Morgan fingerprint density at radius 1 is 1.00 bits per heavy atom. The predicted octanol–water partition coefficient (Wildman–Crippen LogP) is 4.21. The second-order valence-corrected chi connectivity index (χ2v) is 7.33. The highest BCUT2D eigenvalue weighted by molar-refractivity contribution is 6.29. The minimum atomic E-state index is -1.09. The second-order valence-electron chi connectivity index (χ2n) is 7.33. The Morgan fingerprint density at radius 2 is 1.63 bits per heavy atom. The first-order valence-electron chi connectivity index (χ1n) is 9.35. The van der Waals surface area contributed by atoms with Gasteiger partial charge in [-0.05, 0) is 31.4 Å². The molecule has 0 saturated heterocycles. The molecule has 0 heterocycles. The molecule has 0 bridgehead atoms. The van der Waals surface area contributed by atoms with Crippen LogP contribution in [0.4, 0.5) is 5.69 Å². The molecule has 138 valence electrons. The minimum absolute atomic E-state index is 0.0832. The third kappa shape index (κ3) is 2.83. The lowest BCUT2D eigenvalue weighted by Gasteiger charge is -2.27. The molecule has 0 unspecified atom stereocenters. The van der Waals surface area contributed by atoms with Crippen LogP contribution in [-0.4, -0.2) is 28.7 Å². The summed E-state index contributed by atoms with van der Waals surface area (Å²) in [7, 11) is 0. The number of carbonyl (C=O) groups excluding carboxylic acids is 2. The first-order chi connectivity index (χ1) is 13.0. The number of rotatable bonds is 3. The Balaban J connectivity index is 1.87. The van der Waals surface area contributed by atoms with Crippen LogP contribution in [0.5, 0.6) is 0 Å². The van der Waals surface area contributed by atoms with Gasteiger partial charge in [0.25, 0.3) is 0 Å². The van der Waals surface area contributed by atoms with E-state index in [1.54, 1.807) is 37.3 Å². The molecule has 0 amide bonds. The molecule has 0 radical (unpaired) electrons. The number of fused-ring (bicyclic) bond motifs is 2. The van der Waals surface area contributed by atoms with Crippen molar-refractivity contribution < 1.29 is 19.5 Å². The van der Waals surface area contributed by atoms with E-state index in [4.69, 9.17) is 0 Å². The highest BCUT2D eigenvalue weighted by Crippen LogP contribution is 2.35. The maximum absolute atomic E-state index is 13.0. The van der Waals surface area contributed by atoms with Gasteiger partial charge in [-0.2, -0.15) is 0 Å². The van der Waals surface area contributed by atoms with Gasteiger partial charge in [0.2, 0.25) is 0 Å². The first kappa shape index (κ1) is 17.5. The molecule has 5 nitrogen and oxygen atoms in total. The zero-order valence-electron chi connectivity index (χ0n) is 15.2. The number of anilines is 1. The average molecular weight is 363 g/mol. The molecule has 2 N–H and O–H groups in total. The summed E-state index contributed by atoms with van der Waals surface area (Å²) < 4.78 is 0. The number of benzene rings is 2. The van der Waals surface area contributed by atoms with Crippen LogP contribution >= 0.6 is 0 Å². The summed E-state index contributed by atoms with van der Waals surface area (Å²) in [5.74, 6) is -1.61. The Hall–Kier alpha value is -2.95. The van der Waals surface area contributed by atoms with Crippen LogP contribution in [0.15, 0.2) is 30.3 Å². The maximum atomic E-state index is 13.0. The summed E-state index contributed by atoms with van der Waals surface area (Å²) >= 11 is 0. The number of ketones is 2. The monoisotopic (exact) mass is 363 g/mol. The highest BCUT2D eigenvalue weighted by Gasteiger charge is 2.34. The third-order valence-electron chi connectivity index (χ3n) is 5.64. The fourth-order valence-electron chi connectivity index (χ4n) is 4.30. The molecule has 2 aromatic carbocycles. The van der Waals surface area contributed by atoms with Crippen molar-refractivity contribution in [2.75, 3.05) is 5.32 Å². The topological polar surface area (TPSA) is 83.5 Å². The van der Waals surface area contributed by atoms with Crippen LogP contribution in [-0.2, 0) is 0 Å². The van der Waals surface area contributed by atoms with Crippen LogP contribution < -0.4 is 5.32 Å². The number of hydrogen-bond donors (Lipinski definition) is 2. The molecule has 27 heavy (non-hydrogen) atoms. The predicted molar refractivity (Wildman–Crippen MR) is 102 cm³/mol. The fraction of sp³-hybridized carbons (Fsp3) is 0.318. The molecule has 4 rings (SSSR count). The molecule has 2 aliphatic carbocycles. The number of carbonyl (C=O) groups is 3. The van der Waals surface area contributed by atoms with Crippen molar-refractivity contribution in [3.8, 4) is 0 Å². The molecular weight excluding hydrogens is 342 g/mol. The fourth-order valence-corrected chi connectivity index (χ4v) is 4.30. The molecule has 0 aromatic heterocycles. The summed E-state index contributed by atoms with van der Waals surface area (Å²) in [5.41, 5.74) is 2.09. The van der Waals surface area contributed by atoms with Crippen molar-refractivity contribution in [1.29, 1.82) is 0 Å². The van der Waals surface area contributed by atoms with Crippen LogP contribution in [0, 0.1) is 6.92 Å². The van der Waals surface area contributed by atoms with E-state index in [0.717, 1.165) is 25.7 Å². The Morgan fingerprint density at radius 3 is 2.26 bits per heavy atom. The van der Waals surface area contributed by atoms with Crippen molar-refractivity contribution >= 4 is 23.2 Å². The van der Waals surface area contributed by atoms with Crippen molar-refractivity contribution in [2.45, 2.75) is 45.1 Å². The van der Waals surface area contributed by atoms with Gasteiger partial charge in [-0.3, -0.25) is 9.59 Å². The van der Waals surface area contributed by atoms with Gasteiger partial charge < -0.3 is 10.4 Å². The summed E-state index contributed by atoms with van der Waals surface area (Å²) in [6, 6.07) is 8.46. The van der Waals surface area contributed by atoms with Crippen molar-refractivity contribution in [2.24, 2.45) is 0 Å². The van der Waals surface area contributed by atoms with Crippen molar-refractivity contribution in [3.05, 3.63) is 63.7 Å². The Kier molecular flexibility index (Phi) is 4.30. The van der Waals surface area contributed by atoms with Gasteiger partial charge in [0.15, 0.2) is 11.6 Å². The lowest BCUT2D eigenvalue weighted by atomic mass is 9.80. The van der Waals surface area contributed by atoms with Gasteiger partial charge in [-0.15, -0.1) is 0 Å². The Labute approximate surface area is 157 Å². The van der Waals surface area contributed by atoms with E-state index in [-0.39, 0.29) is 28.7 Å². The molecule has 2 aromatic rings. The van der Waals surface area contributed by atoms with E-state index in [1.165, 1.54) is 6.42 Å². The van der Waals surface area contributed by atoms with Gasteiger partial charge >= 0.3 is 5.97 Å². The SMILES string of the molecule is Cc1c(C(=O)O)c(NC2CCCCC2)cc2c1C(=O)c1ccccc1C2=O. The molecule has 0 aliphatic heterocycles. The molecule has 0 atom stereocenters. The molecule has 5 heteroatoms. The maximum Gasteiger partial charge on any atom is 0.338 e.